The predicted octanol–water partition coefficient (Wildman–Crippen LogP) is 1.96. The second kappa shape index (κ2) is 6.45. The first kappa shape index (κ1) is 16.0. The largest absolute Gasteiger partial charge is 0.396 e. The van der Waals surface area contributed by atoms with Gasteiger partial charge in [0.2, 0.25) is 0 Å². The summed E-state index contributed by atoms with van der Waals surface area (Å²) < 4.78 is 1.55. The Kier molecular flexibility index (Phi) is 3.98. The number of aromatic amines is 1. The van der Waals surface area contributed by atoms with Crippen molar-refractivity contribution in [3.05, 3.63) is 76.2 Å². The number of benzene rings is 2. The first-order chi connectivity index (χ1) is 12.7. The Balaban J connectivity index is 1.70. The third-order valence-corrected chi connectivity index (χ3v) is 4.23. The van der Waals surface area contributed by atoms with Crippen molar-refractivity contribution in [1.29, 1.82) is 0 Å². The SMILES string of the molecule is O=C(Nc1ccc(CCO)cc1)c1cnn2c1[nH]c(=O)c1ccccc12. The summed E-state index contributed by atoms with van der Waals surface area (Å²) in [6.45, 7) is 0.0788. The molecule has 2 heterocycles. The number of aromatic nitrogens is 3. The molecular weight excluding hydrogens is 332 g/mol. The topological polar surface area (TPSA) is 99.5 Å². The first-order valence-electron chi connectivity index (χ1n) is 8.17. The van der Waals surface area contributed by atoms with Crippen LogP contribution >= 0.6 is 0 Å². The highest BCUT2D eigenvalue weighted by Gasteiger charge is 2.16. The Bertz CT molecular complexity index is 1160. The van der Waals surface area contributed by atoms with E-state index in [1.165, 1.54) is 6.20 Å². The Labute approximate surface area is 147 Å². The zero-order valence-corrected chi connectivity index (χ0v) is 13.8. The van der Waals surface area contributed by atoms with Gasteiger partial charge in [0.25, 0.3) is 11.5 Å². The van der Waals surface area contributed by atoms with Crippen molar-refractivity contribution in [2.24, 2.45) is 0 Å². The van der Waals surface area contributed by atoms with Gasteiger partial charge in [-0.05, 0) is 36.2 Å². The van der Waals surface area contributed by atoms with Gasteiger partial charge in [0, 0.05) is 12.3 Å². The number of rotatable bonds is 4. The molecule has 7 nitrogen and oxygen atoms in total. The number of aliphatic hydroxyl groups is 1. The molecule has 0 aliphatic rings. The quantitative estimate of drug-likeness (QED) is 0.525. The number of carbonyl (C=O) groups is 1. The van der Waals surface area contributed by atoms with E-state index < -0.39 is 0 Å². The molecule has 3 N–H and O–H groups in total. The van der Waals surface area contributed by atoms with Crippen LogP contribution in [0.2, 0.25) is 0 Å². The van der Waals surface area contributed by atoms with Crippen LogP contribution in [0.25, 0.3) is 16.6 Å². The number of nitrogens with one attached hydrogen (secondary N) is 2. The van der Waals surface area contributed by atoms with E-state index >= 15 is 0 Å². The lowest BCUT2D eigenvalue weighted by Gasteiger charge is -2.06. The number of aliphatic hydroxyl groups excluding tert-OH is 1. The number of H-pyrrole nitrogens is 1. The van der Waals surface area contributed by atoms with Crippen molar-refractivity contribution in [3.63, 3.8) is 0 Å². The average Bonchev–Trinajstić information content (AvgIpc) is 3.08. The zero-order valence-electron chi connectivity index (χ0n) is 13.8. The van der Waals surface area contributed by atoms with Gasteiger partial charge < -0.3 is 15.4 Å². The predicted molar refractivity (Wildman–Crippen MR) is 98.5 cm³/mol. The minimum absolute atomic E-state index is 0.0788. The molecular formula is C19H16N4O3. The standard InChI is InChI=1S/C19H16N4O3/c24-10-9-12-5-7-13(8-6-12)21-19(26)15-11-20-23-16-4-2-1-3-14(16)18(25)22-17(15)23/h1-8,11,24H,9-10H2,(H,21,26)(H,22,25). The molecule has 1 amide bonds. The van der Waals surface area contributed by atoms with E-state index in [2.05, 4.69) is 15.4 Å². The minimum atomic E-state index is -0.360. The molecule has 0 saturated heterocycles. The molecule has 130 valence electrons. The maximum absolute atomic E-state index is 12.6. The van der Waals surface area contributed by atoms with Gasteiger partial charge in [-0.15, -0.1) is 0 Å². The number of anilines is 1. The lowest BCUT2D eigenvalue weighted by Crippen LogP contribution is -2.15. The number of nitrogens with zero attached hydrogens (tertiary/aromatic N) is 2. The zero-order chi connectivity index (χ0) is 18.1. The number of amides is 1. The van der Waals surface area contributed by atoms with E-state index in [4.69, 9.17) is 5.11 Å². The lowest BCUT2D eigenvalue weighted by molar-refractivity contribution is 0.102. The van der Waals surface area contributed by atoms with E-state index in [1.807, 2.05) is 18.2 Å². The minimum Gasteiger partial charge on any atom is -0.396 e. The molecule has 2 aromatic heterocycles. The fourth-order valence-corrected chi connectivity index (χ4v) is 2.93. The van der Waals surface area contributed by atoms with E-state index in [1.54, 1.807) is 34.8 Å². The smallest absolute Gasteiger partial charge is 0.261 e. The van der Waals surface area contributed by atoms with Gasteiger partial charge in [-0.1, -0.05) is 24.3 Å². The first-order valence-corrected chi connectivity index (χ1v) is 8.17. The van der Waals surface area contributed by atoms with E-state index in [0.717, 1.165) is 5.56 Å². The maximum Gasteiger partial charge on any atom is 0.261 e. The Hall–Kier alpha value is -3.45. The summed E-state index contributed by atoms with van der Waals surface area (Å²) >= 11 is 0. The summed E-state index contributed by atoms with van der Waals surface area (Å²) in [5.41, 5.74) is 2.61. The third kappa shape index (κ3) is 2.74. The van der Waals surface area contributed by atoms with Gasteiger partial charge in [-0.2, -0.15) is 5.10 Å². The average molecular weight is 348 g/mol. The molecule has 0 unspecified atom stereocenters. The fourth-order valence-electron chi connectivity index (χ4n) is 2.93. The molecule has 7 heteroatoms. The molecule has 0 saturated carbocycles. The van der Waals surface area contributed by atoms with Crippen LogP contribution in [0.5, 0.6) is 0 Å². The van der Waals surface area contributed by atoms with Crippen LogP contribution in [0.1, 0.15) is 15.9 Å². The van der Waals surface area contributed by atoms with Crippen LogP contribution in [0.4, 0.5) is 5.69 Å². The van der Waals surface area contributed by atoms with Gasteiger partial charge in [-0.3, -0.25) is 9.59 Å². The van der Waals surface area contributed by atoms with E-state index in [9.17, 15) is 9.59 Å². The molecule has 2 aromatic carbocycles. The molecule has 0 aliphatic carbocycles. The Morgan fingerprint density at radius 2 is 1.92 bits per heavy atom. The van der Waals surface area contributed by atoms with Gasteiger partial charge in [0.1, 0.15) is 11.2 Å². The normalized spacial score (nSPS) is 11.1. The number of hydrogen-bond donors (Lipinski definition) is 3. The molecule has 4 aromatic rings. The maximum atomic E-state index is 12.6. The summed E-state index contributed by atoms with van der Waals surface area (Å²) in [5, 5.41) is 16.5. The van der Waals surface area contributed by atoms with Gasteiger partial charge in [-0.25, -0.2) is 4.52 Å². The van der Waals surface area contributed by atoms with Crippen LogP contribution in [-0.2, 0) is 6.42 Å². The Morgan fingerprint density at radius 3 is 2.69 bits per heavy atom. The van der Waals surface area contributed by atoms with Crippen molar-refractivity contribution in [3.8, 4) is 0 Å². The van der Waals surface area contributed by atoms with Crippen molar-refractivity contribution in [2.45, 2.75) is 6.42 Å². The highest BCUT2D eigenvalue weighted by molar-refractivity contribution is 6.08. The van der Waals surface area contributed by atoms with Crippen molar-refractivity contribution in [1.82, 2.24) is 14.6 Å². The molecule has 0 atom stereocenters. The number of hydrogen-bond acceptors (Lipinski definition) is 4. The summed E-state index contributed by atoms with van der Waals surface area (Å²) in [7, 11) is 0. The molecule has 0 fully saturated rings. The molecule has 0 aliphatic heterocycles. The van der Waals surface area contributed by atoms with Crippen LogP contribution in [0.3, 0.4) is 0 Å². The summed E-state index contributed by atoms with van der Waals surface area (Å²) in [6, 6.07) is 14.3. The van der Waals surface area contributed by atoms with Crippen molar-refractivity contribution >= 4 is 28.1 Å². The summed E-state index contributed by atoms with van der Waals surface area (Å²) in [6.07, 6.45) is 2.00. The van der Waals surface area contributed by atoms with Gasteiger partial charge >= 0.3 is 0 Å². The van der Waals surface area contributed by atoms with E-state index in [0.29, 0.717) is 28.7 Å². The monoisotopic (exact) mass is 348 g/mol. The van der Waals surface area contributed by atoms with Crippen LogP contribution in [0.15, 0.2) is 59.5 Å². The second-order valence-electron chi connectivity index (χ2n) is 5.91. The highest BCUT2D eigenvalue weighted by atomic mass is 16.3. The third-order valence-electron chi connectivity index (χ3n) is 4.23. The molecule has 26 heavy (non-hydrogen) atoms. The second-order valence-corrected chi connectivity index (χ2v) is 5.91. The summed E-state index contributed by atoms with van der Waals surface area (Å²) in [5.74, 6) is -0.360. The molecule has 4 rings (SSSR count). The van der Waals surface area contributed by atoms with Crippen LogP contribution in [-0.4, -0.2) is 32.2 Å². The Morgan fingerprint density at radius 1 is 1.15 bits per heavy atom. The van der Waals surface area contributed by atoms with Crippen molar-refractivity contribution < 1.29 is 9.90 Å². The number of carbonyl (C=O) groups excluding carboxylic acids is 1. The van der Waals surface area contributed by atoms with E-state index in [-0.39, 0.29) is 23.6 Å². The highest BCUT2D eigenvalue weighted by Crippen LogP contribution is 2.16. The number of fused-ring (bicyclic) bond motifs is 3. The lowest BCUT2D eigenvalue weighted by atomic mass is 10.1. The fraction of sp³-hybridized carbons (Fsp3) is 0.105. The molecule has 0 radical (unpaired) electrons. The summed E-state index contributed by atoms with van der Waals surface area (Å²) in [4.78, 5) is 27.6. The van der Waals surface area contributed by atoms with Gasteiger partial charge in [0.05, 0.1) is 17.1 Å². The molecule has 0 spiro atoms. The molecule has 0 bridgehead atoms. The van der Waals surface area contributed by atoms with Crippen LogP contribution < -0.4 is 10.9 Å². The number of para-hydroxylation sites is 1. The van der Waals surface area contributed by atoms with Crippen molar-refractivity contribution in [2.75, 3.05) is 11.9 Å². The van der Waals surface area contributed by atoms with Gasteiger partial charge in [0.15, 0.2) is 0 Å². The van der Waals surface area contributed by atoms with Crippen LogP contribution in [0, 0.1) is 0 Å².